The number of hydrogen-bond donors (Lipinski definition) is 0. The Kier molecular flexibility index (Phi) is 4.38. The molecule has 4 rings (SSSR count). The average molecular weight is 330 g/mol. The molecule has 1 unspecified atom stereocenters. The van der Waals surface area contributed by atoms with Crippen LogP contribution in [0.15, 0.2) is 28.7 Å². The summed E-state index contributed by atoms with van der Waals surface area (Å²) in [4.78, 5) is 18.8. The van der Waals surface area contributed by atoms with E-state index in [4.69, 9.17) is 13.9 Å². The molecule has 0 N–H and O–H groups in total. The number of ether oxygens (including phenoxy) is 2. The number of rotatable bonds is 4. The lowest BCUT2D eigenvalue weighted by Crippen LogP contribution is -2.37. The first-order chi connectivity index (χ1) is 11.8. The zero-order valence-corrected chi connectivity index (χ0v) is 13.6. The molecule has 128 valence electrons. The minimum Gasteiger partial charge on any atom is -0.463 e. The average Bonchev–Trinajstić information content (AvgIpc) is 3.29. The summed E-state index contributed by atoms with van der Waals surface area (Å²) < 4.78 is 16.7. The van der Waals surface area contributed by atoms with Crippen molar-refractivity contribution in [2.24, 2.45) is 5.92 Å². The molecule has 0 amide bonds. The maximum absolute atomic E-state index is 12.2. The van der Waals surface area contributed by atoms with Crippen molar-refractivity contribution in [2.75, 3.05) is 31.2 Å². The fourth-order valence-electron chi connectivity index (χ4n) is 3.37. The van der Waals surface area contributed by atoms with Gasteiger partial charge in [-0.1, -0.05) is 12.1 Å². The zero-order valence-electron chi connectivity index (χ0n) is 13.6. The minimum absolute atomic E-state index is 0.0352. The molecule has 0 bridgehead atoms. The van der Waals surface area contributed by atoms with E-state index < -0.39 is 0 Å². The summed E-state index contributed by atoms with van der Waals surface area (Å²) in [6, 6.07) is 8.39. The normalized spacial score (nSPS) is 22.2. The van der Waals surface area contributed by atoms with Crippen molar-refractivity contribution in [2.45, 2.75) is 31.8 Å². The highest BCUT2D eigenvalue weighted by molar-refractivity contribution is 5.75. The van der Waals surface area contributed by atoms with Gasteiger partial charge in [0.05, 0.1) is 12.0 Å². The Morgan fingerprint density at radius 2 is 2.08 bits per heavy atom. The number of carbonyl (C=O) groups is 1. The van der Waals surface area contributed by atoms with Gasteiger partial charge in [-0.05, 0) is 37.8 Å². The highest BCUT2D eigenvalue weighted by Gasteiger charge is 2.29. The van der Waals surface area contributed by atoms with Gasteiger partial charge in [0.2, 0.25) is 0 Å². The maximum atomic E-state index is 12.2. The van der Waals surface area contributed by atoms with E-state index in [0.29, 0.717) is 12.6 Å². The third-order valence-electron chi connectivity index (χ3n) is 4.82. The van der Waals surface area contributed by atoms with Gasteiger partial charge in [0.25, 0.3) is 6.01 Å². The number of hydrogen-bond acceptors (Lipinski definition) is 6. The van der Waals surface area contributed by atoms with Crippen molar-refractivity contribution >= 4 is 23.1 Å². The van der Waals surface area contributed by atoms with Crippen LogP contribution in [0.4, 0.5) is 6.01 Å². The molecule has 0 spiro atoms. The largest absolute Gasteiger partial charge is 0.463 e. The van der Waals surface area contributed by atoms with Gasteiger partial charge in [0.15, 0.2) is 5.58 Å². The summed E-state index contributed by atoms with van der Waals surface area (Å²) in [5.74, 6) is -0.130. The Bertz CT molecular complexity index is 667. The molecule has 1 atom stereocenters. The molecule has 0 radical (unpaired) electrons. The van der Waals surface area contributed by atoms with Crippen LogP contribution >= 0.6 is 0 Å². The Balaban J connectivity index is 1.30. The van der Waals surface area contributed by atoms with E-state index in [2.05, 4.69) is 9.88 Å². The molecule has 1 aromatic carbocycles. The fourth-order valence-corrected chi connectivity index (χ4v) is 3.37. The minimum atomic E-state index is -0.0947. The van der Waals surface area contributed by atoms with Crippen LogP contribution in [0, 0.1) is 5.92 Å². The Labute approximate surface area is 140 Å². The van der Waals surface area contributed by atoms with Crippen molar-refractivity contribution in [3.63, 3.8) is 0 Å². The molecular formula is C18H22N2O4. The van der Waals surface area contributed by atoms with E-state index in [1.54, 1.807) is 0 Å². The molecule has 2 aliphatic heterocycles. The molecule has 0 saturated carbocycles. The topological polar surface area (TPSA) is 64.8 Å². The third-order valence-corrected chi connectivity index (χ3v) is 4.82. The first kappa shape index (κ1) is 15.4. The van der Waals surface area contributed by atoms with Crippen LogP contribution in [-0.4, -0.2) is 43.4 Å². The van der Waals surface area contributed by atoms with Gasteiger partial charge in [-0.15, -0.1) is 0 Å². The number of anilines is 1. The van der Waals surface area contributed by atoms with Gasteiger partial charge in [0.1, 0.15) is 12.1 Å². The lowest BCUT2D eigenvalue weighted by Gasteiger charge is -2.29. The number of oxazole rings is 1. The fraction of sp³-hybridized carbons (Fsp3) is 0.556. The molecule has 1 aromatic heterocycles. The molecule has 0 aliphatic carbocycles. The predicted molar refractivity (Wildman–Crippen MR) is 88.9 cm³/mol. The summed E-state index contributed by atoms with van der Waals surface area (Å²) in [5, 5.41) is 0. The summed E-state index contributed by atoms with van der Waals surface area (Å²) in [5.41, 5.74) is 1.66. The van der Waals surface area contributed by atoms with Crippen molar-refractivity contribution in [1.82, 2.24) is 4.98 Å². The molecule has 3 heterocycles. The van der Waals surface area contributed by atoms with Gasteiger partial charge in [-0.2, -0.15) is 4.98 Å². The molecule has 2 fully saturated rings. The van der Waals surface area contributed by atoms with E-state index >= 15 is 0 Å². The Morgan fingerprint density at radius 1 is 1.25 bits per heavy atom. The number of piperidine rings is 1. The predicted octanol–water partition coefficient (Wildman–Crippen LogP) is 2.77. The summed E-state index contributed by atoms with van der Waals surface area (Å²) >= 11 is 0. The van der Waals surface area contributed by atoms with E-state index in [9.17, 15) is 4.79 Å². The van der Waals surface area contributed by atoms with Gasteiger partial charge >= 0.3 is 5.97 Å². The molecule has 2 aromatic rings. The van der Waals surface area contributed by atoms with E-state index in [1.165, 1.54) is 0 Å². The van der Waals surface area contributed by atoms with Gasteiger partial charge < -0.3 is 18.8 Å². The maximum Gasteiger partial charge on any atom is 0.309 e. The second-order valence-electron chi connectivity index (χ2n) is 6.49. The number of nitrogens with zero attached hydrogens (tertiary/aromatic N) is 2. The number of esters is 1. The van der Waals surface area contributed by atoms with Gasteiger partial charge in [-0.25, -0.2) is 0 Å². The van der Waals surface area contributed by atoms with Crippen LogP contribution in [-0.2, 0) is 14.3 Å². The first-order valence-electron chi connectivity index (χ1n) is 8.68. The van der Waals surface area contributed by atoms with Crippen LogP contribution in [0.3, 0.4) is 0 Å². The lowest BCUT2D eigenvalue weighted by molar-refractivity contribution is -0.152. The molecule has 2 aliphatic rings. The molecule has 6 heteroatoms. The van der Waals surface area contributed by atoms with Crippen molar-refractivity contribution in [3.05, 3.63) is 24.3 Å². The molecular weight excluding hydrogens is 308 g/mol. The number of fused-ring (bicyclic) bond motifs is 1. The molecule has 6 nitrogen and oxygen atoms in total. The van der Waals surface area contributed by atoms with Crippen molar-refractivity contribution < 1.29 is 18.7 Å². The summed E-state index contributed by atoms with van der Waals surface area (Å²) in [7, 11) is 0. The number of aromatic nitrogens is 1. The number of benzene rings is 1. The number of carbonyl (C=O) groups excluding carboxylic acids is 1. The first-order valence-corrected chi connectivity index (χ1v) is 8.68. The standard InChI is InChI=1S/C18H22N2O4/c21-17(23-12-14-4-3-11-22-14)13-7-9-20(10-8-13)18-19-15-5-1-2-6-16(15)24-18/h1-2,5-6,13-14H,3-4,7-12H2. The SMILES string of the molecule is O=C(OCC1CCCO1)C1CCN(c2nc3ccccc3o2)CC1. The van der Waals surface area contributed by atoms with Crippen LogP contribution < -0.4 is 4.90 Å². The van der Waals surface area contributed by atoms with Crippen molar-refractivity contribution in [1.29, 1.82) is 0 Å². The van der Waals surface area contributed by atoms with Crippen LogP contribution in [0.5, 0.6) is 0 Å². The van der Waals surface area contributed by atoms with Crippen LogP contribution in [0.1, 0.15) is 25.7 Å². The zero-order chi connectivity index (χ0) is 16.4. The molecule has 2 saturated heterocycles. The monoisotopic (exact) mass is 330 g/mol. The highest BCUT2D eigenvalue weighted by Crippen LogP contribution is 2.27. The quantitative estimate of drug-likeness (QED) is 0.803. The van der Waals surface area contributed by atoms with E-state index in [0.717, 1.165) is 56.5 Å². The van der Waals surface area contributed by atoms with Crippen LogP contribution in [0.2, 0.25) is 0 Å². The Hall–Kier alpha value is -2.08. The van der Waals surface area contributed by atoms with Gasteiger partial charge in [-0.3, -0.25) is 4.79 Å². The highest BCUT2D eigenvalue weighted by atomic mass is 16.6. The number of para-hydroxylation sites is 2. The second-order valence-corrected chi connectivity index (χ2v) is 6.49. The summed E-state index contributed by atoms with van der Waals surface area (Å²) in [6.45, 7) is 2.69. The van der Waals surface area contributed by atoms with Gasteiger partial charge in [0, 0.05) is 19.7 Å². The molecule has 24 heavy (non-hydrogen) atoms. The van der Waals surface area contributed by atoms with Crippen molar-refractivity contribution in [3.8, 4) is 0 Å². The van der Waals surface area contributed by atoms with Crippen LogP contribution in [0.25, 0.3) is 11.1 Å². The Morgan fingerprint density at radius 3 is 2.83 bits per heavy atom. The van der Waals surface area contributed by atoms with E-state index in [1.807, 2.05) is 24.3 Å². The second kappa shape index (κ2) is 6.81. The summed E-state index contributed by atoms with van der Waals surface area (Å²) in [6.07, 6.45) is 3.68. The smallest absolute Gasteiger partial charge is 0.309 e. The third kappa shape index (κ3) is 3.24. The van der Waals surface area contributed by atoms with E-state index in [-0.39, 0.29) is 18.0 Å². The lowest BCUT2D eigenvalue weighted by atomic mass is 9.97.